The van der Waals surface area contributed by atoms with Crippen molar-refractivity contribution in [2.75, 3.05) is 0 Å². The number of carbonyl (C=O) groups is 1. The van der Waals surface area contributed by atoms with E-state index in [-0.39, 0.29) is 29.6 Å². The summed E-state index contributed by atoms with van der Waals surface area (Å²) in [4.78, 5) is 10.8. The van der Waals surface area contributed by atoms with Crippen LogP contribution in [0.25, 0.3) is 0 Å². The van der Waals surface area contributed by atoms with Crippen LogP contribution in [0.3, 0.4) is 0 Å². The zero-order valence-corrected chi connectivity index (χ0v) is 14.3. The molecule has 0 bridgehead atoms. The largest absolute Gasteiger partial charge is 1.00 e. The monoisotopic (exact) mass is 362 g/mol. The molecule has 0 N–H and O–H groups in total. The molecule has 14 heteroatoms. The van der Waals surface area contributed by atoms with E-state index in [0.29, 0.717) is 0 Å². The Morgan fingerprint density at radius 3 is 1.55 bits per heavy atom. The first-order valence-corrected chi connectivity index (χ1v) is 7.59. The maximum atomic E-state index is 13.3. The summed E-state index contributed by atoms with van der Waals surface area (Å²) in [7, 11) is -19.1. The van der Waals surface area contributed by atoms with Gasteiger partial charge >= 0.3 is 50.1 Å². The second-order valence-corrected chi connectivity index (χ2v) is 8.69. The molecule has 1 atom stereocenters. The number of carbonyl (C=O) groups excluding carboxylic acids is 1. The number of rotatable bonds is 3. The molecule has 0 saturated carbocycles. The van der Waals surface area contributed by atoms with Crippen molar-refractivity contribution in [3.8, 4) is 0 Å². The van der Waals surface area contributed by atoms with Crippen molar-refractivity contribution in [3.63, 3.8) is 0 Å². The molecule has 118 valence electrons. The van der Waals surface area contributed by atoms with Gasteiger partial charge < -0.3 is 9.29 Å². The van der Waals surface area contributed by atoms with Crippen molar-refractivity contribution in [2.24, 2.45) is 0 Å². The maximum absolute atomic E-state index is 13.3. The average molecular weight is 362 g/mol. The summed E-state index contributed by atoms with van der Waals surface area (Å²) in [6.45, 7) is 2.57. The summed E-state index contributed by atoms with van der Waals surface area (Å²) < 4.78 is 102. The van der Waals surface area contributed by atoms with Crippen LogP contribution in [0.2, 0.25) is 0 Å². The molecular formula is C6H9F6NaO5S2. The predicted octanol–water partition coefficient (Wildman–Crippen LogP) is -0.201. The van der Waals surface area contributed by atoms with E-state index >= 15 is 0 Å². The summed E-state index contributed by atoms with van der Waals surface area (Å²) in [5, 5.41) is 0. The molecule has 0 aliphatic heterocycles. The second kappa shape index (κ2) is 4.65. The van der Waals surface area contributed by atoms with Gasteiger partial charge in [0, 0.05) is 0 Å². The van der Waals surface area contributed by atoms with Crippen LogP contribution >= 0.6 is 10.2 Å². The van der Waals surface area contributed by atoms with Gasteiger partial charge in [0.2, 0.25) is 0 Å². The first-order valence-electron chi connectivity index (χ1n) is 4.23. The predicted molar refractivity (Wildman–Crippen MR) is 52.5 cm³/mol. The number of hydrogen-bond donors (Lipinski definition) is 0. The van der Waals surface area contributed by atoms with Gasteiger partial charge in [0.25, 0.3) is 0 Å². The Morgan fingerprint density at radius 2 is 1.40 bits per heavy atom. The molecule has 0 rings (SSSR count). The summed E-state index contributed by atoms with van der Waals surface area (Å²) in [6, 6.07) is 0. The molecule has 1 unspecified atom stereocenters. The average Bonchev–Trinajstić information content (AvgIpc) is 1.91. The van der Waals surface area contributed by atoms with Gasteiger partial charge in [-0.1, -0.05) is 19.4 Å². The second-order valence-electron chi connectivity index (χ2n) is 4.46. The SMILES string of the molecule is CC(C)(C)OC(=O)C(F)(S(=O)(=O)[O-])S(F)(F)(F)(F)F.[Na+]. The molecule has 0 spiro atoms. The molecule has 0 aromatic heterocycles. The number of esters is 1. The fraction of sp³-hybridized carbons (Fsp3) is 0.833. The third kappa shape index (κ3) is 4.40. The number of halogens is 6. The van der Waals surface area contributed by atoms with Gasteiger partial charge in [-0.15, -0.1) is 0 Å². The quantitative estimate of drug-likeness (QED) is 0.301. The molecule has 0 saturated heterocycles. The third-order valence-electron chi connectivity index (χ3n) is 1.46. The maximum Gasteiger partial charge on any atom is 1.00 e. The van der Waals surface area contributed by atoms with Gasteiger partial charge in [-0.05, 0) is 20.8 Å². The minimum atomic E-state index is -11.7. The summed E-state index contributed by atoms with van der Waals surface area (Å²) >= 11 is 0. The van der Waals surface area contributed by atoms with Crippen LogP contribution < -0.4 is 29.6 Å². The standard InChI is InChI=1S/C6H10F6O5S2.Na/c1-5(2,3)17-4(13)6(7,18(14,15)16)19(8,9,10,11)12;/h1-3H3,(H,14,15,16);/q;+1/p-1. The Balaban J connectivity index is 0. The van der Waals surface area contributed by atoms with Crippen LogP contribution in [0.15, 0.2) is 0 Å². The van der Waals surface area contributed by atoms with E-state index in [2.05, 4.69) is 4.74 Å². The van der Waals surface area contributed by atoms with Crippen molar-refractivity contribution >= 4 is 26.3 Å². The van der Waals surface area contributed by atoms with Crippen molar-refractivity contribution in [3.05, 3.63) is 0 Å². The van der Waals surface area contributed by atoms with E-state index in [1.165, 1.54) is 0 Å². The van der Waals surface area contributed by atoms with Gasteiger partial charge in [-0.3, -0.25) is 0 Å². The zero-order valence-electron chi connectivity index (χ0n) is 10.6. The normalized spacial score (nSPS) is 19.9. The molecule has 5 nitrogen and oxygen atoms in total. The van der Waals surface area contributed by atoms with Gasteiger partial charge in [-0.25, -0.2) is 13.2 Å². The van der Waals surface area contributed by atoms with E-state index in [0.717, 1.165) is 20.8 Å². The Morgan fingerprint density at radius 1 is 1.10 bits per heavy atom. The first kappa shape index (κ1) is 22.6. The van der Waals surface area contributed by atoms with Crippen LogP contribution in [-0.2, 0) is 19.6 Å². The summed E-state index contributed by atoms with van der Waals surface area (Å²) in [5.74, 6) is -3.52. The van der Waals surface area contributed by atoms with Gasteiger partial charge in [0.15, 0.2) is 10.1 Å². The Labute approximate surface area is 132 Å². The molecule has 20 heavy (non-hydrogen) atoms. The third-order valence-corrected chi connectivity index (χ3v) is 4.99. The molecular weight excluding hydrogens is 353 g/mol. The van der Waals surface area contributed by atoms with E-state index in [1.807, 2.05) is 0 Å². The van der Waals surface area contributed by atoms with Crippen LogP contribution in [-0.4, -0.2) is 28.9 Å². The fourth-order valence-corrected chi connectivity index (χ4v) is 2.94. The van der Waals surface area contributed by atoms with Crippen LogP contribution in [0, 0.1) is 0 Å². The minimum Gasteiger partial charge on any atom is -0.744 e. The Kier molecular flexibility index (Phi) is 5.25. The fourth-order valence-electron chi connectivity index (χ4n) is 0.791. The minimum absolute atomic E-state index is 0. The van der Waals surface area contributed by atoms with E-state index in [1.54, 1.807) is 0 Å². The van der Waals surface area contributed by atoms with E-state index < -0.39 is 36.2 Å². The molecule has 0 amide bonds. The number of ether oxygens (including phenoxy) is 1. The number of hydrogen-bond acceptors (Lipinski definition) is 5. The molecule has 0 aromatic carbocycles. The summed E-state index contributed by atoms with van der Waals surface area (Å²) in [6.07, 6.45) is 0. The van der Waals surface area contributed by atoms with Crippen LogP contribution in [0.1, 0.15) is 20.8 Å². The molecule has 0 radical (unpaired) electrons. The zero-order chi connectivity index (χ0) is 16.2. The molecule has 0 heterocycles. The topological polar surface area (TPSA) is 83.5 Å². The Bertz CT molecular complexity index is 508. The van der Waals surface area contributed by atoms with Gasteiger partial charge in [0.1, 0.15) is 5.60 Å². The molecule has 0 aliphatic carbocycles. The van der Waals surface area contributed by atoms with Gasteiger partial charge in [-0.2, -0.15) is 4.39 Å². The number of alkyl halides is 1. The molecule has 0 fully saturated rings. The van der Waals surface area contributed by atoms with Crippen molar-refractivity contribution in [2.45, 2.75) is 30.7 Å². The van der Waals surface area contributed by atoms with Crippen molar-refractivity contribution in [1.82, 2.24) is 0 Å². The first-order chi connectivity index (χ1) is 7.62. The molecule has 0 aliphatic rings. The van der Waals surface area contributed by atoms with Crippen molar-refractivity contribution < 1.29 is 75.9 Å². The Hall–Kier alpha value is 0.310. The van der Waals surface area contributed by atoms with E-state index in [4.69, 9.17) is 0 Å². The van der Waals surface area contributed by atoms with Gasteiger partial charge in [0.05, 0.1) is 0 Å². The molecule has 0 aromatic rings. The van der Waals surface area contributed by atoms with Crippen LogP contribution in [0.5, 0.6) is 0 Å². The van der Waals surface area contributed by atoms with E-state index in [9.17, 15) is 41.6 Å². The van der Waals surface area contributed by atoms with Crippen LogP contribution in [0.4, 0.5) is 23.8 Å². The van der Waals surface area contributed by atoms with Crippen molar-refractivity contribution in [1.29, 1.82) is 0 Å². The summed E-state index contributed by atoms with van der Waals surface area (Å²) in [5.41, 5.74) is -1.93. The smallest absolute Gasteiger partial charge is 0.744 e.